The van der Waals surface area contributed by atoms with Gasteiger partial charge in [0, 0.05) is 41.9 Å². The van der Waals surface area contributed by atoms with E-state index in [1.165, 1.54) is 57.4 Å². The molecule has 1 atom stereocenters. The van der Waals surface area contributed by atoms with Crippen LogP contribution in [0.2, 0.25) is 0 Å². The van der Waals surface area contributed by atoms with Crippen LogP contribution in [0.5, 0.6) is 0 Å². The molecule has 3 aromatic rings. The van der Waals surface area contributed by atoms with E-state index in [-0.39, 0.29) is 16.5 Å². The van der Waals surface area contributed by atoms with E-state index >= 15 is 0 Å². The number of carbonyl (C=O) groups is 1. The van der Waals surface area contributed by atoms with E-state index in [2.05, 4.69) is 4.90 Å². The molecule has 0 N–H and O–H groups in total. The maximum atomic E-state index is 13.5. The monoisotopic (exact) mass is 487 g/mol. The Labute approximate surface area is 213 Å². The number of aromatic nitrogens is 1. The summed E-state index contributed by atoms with van der Waals surface area (Å²) in [6.07, 6.45) is 11.8. The van der Waals surface area contributed by atoms with E-state index in [1.54, 1.807) is 16.7 Å². The molecule has 1 saturated carbocycles. The van der Waals surface area contributed by atoms with Crippen molar-refractivity contribution in [3.8, 4) is 0 Å². The summed E-state index contributed by atoms with van der Waals surface area (Å²) in [6.45, 7) is 5.16. The number of hydrogen-bond donors (Lipinski definition) is 0. The second-order valence-electron chi connectivity index (χ2n) is 10.8. The summed E-state index contributed by atoms with van der Waals surface area (Å²) in [5, 5.41) is 12.4. The first-order chi connectivity index (χ1) is 17.5. The van der Waals surface area contributed by atoms with Gasteiger partial charge in [0.25, 0.3) is 11.6 Å². The molecule has 2 heterocycles. The van der Waals surface area contributed by atoms with Crippen LogP contribution in [0, 0.1) is 28.9 Å². The predicted molar refractivity (Wildman–Crippen MR) is 144 cm³/mol. The SMILES string of the molecule is Cc1c(CCN2CCCC(CC3CCCCC3)C2)c2cc([N+](=O)[O-])ccc2n1C(=O)c1ccccc1. The van der Waals surface area contributed by atoms with Gasteiger partial charge in [-0.25, -0.2) is 0 Å². The van der Waals surface area contributed by atoms with Crippen molar-refractivity contribution in [2.75, 3.05) is 19.6 Å². The molecule has 1 unspecified atom stereocenters. The largest absolute Gasteiger partial charge is 0.303 e. The van der Waals surface area contributed by atoms with Gasteiger partial charge in [-0.15, -0.1) is 0 Å². The summed E-state index contributed by atoms with van der Waals surface area (Å²) >= 11 is 0. The average molecular weight is 488 g/mol. The van der Waals surface area contributed by atoms with Crippen molar-refractivity contribution in [2.45, 2.75) is 64.7 Å². The van der Waals surface area contributed by atoms with Crippen molar-refractivity contribution in [3.05, 3.63) is 75.5 Å². The number of nitro groups is 1. The lowest BCUT2D eigenvalue weighted by molar-refractivity contribution is -0.384. The Balaban J connectivity index is 1.38. The first kappa shape index (κ1) is 24.7. The molecule has 2 fully saturated rings. The minimum atomic E-state index is -0.352. The summed E-state index contributed by atoms with van der Waals surface area (Å²) in [6, 6.07) is 14.1. The molecule has 5 rings (SSSR count). The minimum absolute atomic E-state index is 0.0681. The van der Waals surface area contributed by atoms with Gasteiger partial charge in [0.1, 0.15) is 0 Å². The fourth-order valence-electron chi connectivity index (χ4n) is 6.58. The highest BCUT2D eigenvalue weighted by Gasteiger charge is 2.26. The molecule has 0 amide bonds. The van der Waals surface area contributed by atoms with Crippen molar-refractivity contribution in [3.63, 3.8) is 0 Å². The number of rotatable bonds is 7. The van der Waals surface area contributed by atoms with Crippen LogP contribution < -0.4 is 0 Å². The Bertz CT molecular complexity index is 1230. The van der Waals surface area contributed by atoms with Crippen LogP contribution in [0.3, 0.4) is 0 Å². The normalized spacial score (nSPS) is 19.5. The fraction of sp³-hybridized carbons (Fsp3) is 0.500. The third-order valence-electron chi connectivity index (χ3n) is 8.43. The average Bonchev–Trinajstić information content (AvgIpc) is 3.18. The van der Waals surface area contributed by atoms with Gasteiger partial charge in [0.05, 0.1) is 10.4 Å². The minimum Gasteiger partial charge on any atom is -0.303 e. The zero-order valence-electron chi connectivity index (χ0n) is 21.3. The maximum Gasteiger partial charge on any atom is 0.270 e. The maximum absolute atomic E-state index is 13.5. The number of nitrogens with zero attached hydrogens (tertiary/aromatic N) is 3. The molecule has 1 aromatic heterocycles. The summed E-state index contributed by atoms with van der Waals surface area (Å²) < 4.78 is 1.74. The Kier molecular flexibility index (Phi) is 7.51. The van der Waals surface area contributed by atoms with Gasteiger partial charge in [-0.05, 0) is 74.8 Å². The highest BCUT2D eigenvalue weighted by molar-refractivity contribution is 6.04. The number of hydrogen-bond acceptors (Lipinski definition) is 4. The summed E-state index contributed by atoms with van der Waals surface area (Å²) in [7, 11) is 0. The number of likely N-dealkylation sites (tertiary alicyclic amines) is 1. The number of fused-ring (bicyclic) bond motifs is 1. The second kappa shape index (κ2) is 11.0. The number of non-ortho nitro benzene ring substituents is 1. The summed E-state index contributed by atoms with van der Waals surface area (Å²) in [5.41, 5.74) is 3.36. The fourth-order valence-corrected chi connectivity index (χ4v) is 6.58. The van der Waals surface area contributed by atoms with E-state index < -0.39 is 0 Å². The van der Waals surface area contributed by atoms with Crippen LogP contribution in [0.25, 0.3) is 10.9 Å². The van der Waals surface area contributed by atoms with Gasteiger partial charge in [0.2, 0.25) is 0 Å². The highest BCUT2D eigenvalue weighted by Crippen LogP contribution is 2.34. The highest BCUT2D eigenvalue weighted by atomic mass is 16.6. The second-order valence-corrected chi connectivity index (χ2v) is 10.8. The molecule has 0 spiro atoms. The van der Waals surface area contributed by atoms with Gasteiger partial charge in [-0.1, -0.05) is 50.3 Å². The number of carbonyl (C=O) groups excluding carboxylic acids is 1. The van der Waals surface area contributed by atoms with E-state index in [4.69, 9.17) is 0 Å². The Morgan fingerprint density at radius 2 is 1.75 bits per heavy atom. The summed E-state index contributed by atoms with van der Waals surface area (Å²) in [4.78, 5) is 27.2. The number of piperidine rings is 1. The Hall–Kier alpha value is -2.99. The van der Waals surface area contributed by atoms with Crippen LogP contribution >= 0.6 is 0 Å². The molecule has 1 aliphatic carbocycles. The van der Waals surface area contributed by atoms with Gasteiger partial charge >= 0.3 is 0 Å². The molecule has 190 valence electrons. The first-order valence-corrected chi connectivity index (χ1v) is 13.6. The van der Waals surface area contributed by atoms with Crippen LogP contribution in [-0.4, -0.2) is 39.9 Å². The lowest BCUT2D eigenvalue weighted by atomic mass is 9.80. The van der Waals surface area contributed by atoms with E-state index in [0.717, 1.165) is 60.1 Å². The van der Waals surface area contributed by atoms with Gasteiger partial charge in [0.15, 0.2) is 0 Å². The molecule has 36 heavy (non-hydrogen) atoms. The van der Waals surface area contributed by atoms with Crippen molar-refractivity contribution in [1.82, 2.24) is 9.47 Å². The van der Waals surface area contributed by atoms with E-state index in [9.17, 15) is 14.9 Å². The lowest BCUT2D eigenvalue weighted by Gasteiger charge is -2.35. The van der Waals surface area contributed by atoms with Gasteiger partial charge in [-0.3, -0.25) is 19.5 Å². The standard InChI is InChI=1S/C30H37N3O3/c1-22-27(16-18-31-17-8-11-24(21-31)19-23-9-4-2-5-10-23)28-20-26(33(35)36)14-15-29(28)32(22)30(34)25-12-6-3-7-13-25/h3,6-7,12-15,20,23-24H,2,4-5,8-11,16-19,21H2,1H3. The molecule has 1 aliphatic heterocycles. The Morgan fingerprint density at radius 1 is 1.00 bits per heavy atom. The van der Waals surface area contributed by atoms with E-state index in [0.29, 0.717) is 5.56 Å². The van der Waals surface area contributed by atoms with Crippen molar-refractivity contribution < 1.29 is 9.72 Å². The molecular weight excluding hydrogens is 450 g/mol. The smallest absolute Gasteiger partial charge is 0.270 e. The van der Waals surface area contributed by atoms with Crippen molar-refractivity contribution in [2.24, 2.45) is 11.8 Å². The third-order valence-corrected chi connectivity index (χ3v) is 8.43. The van der Waals surface area contributed by atoms with Crippen LogP contribution in [0.15, 0.2) is 48.5 Å². The molecule has 0 bridgehead atoms. The lowest BCUT2D eigenvalue weighted by Crippen LogP contribution is -2.37. The molecule has 2 aromatic carbocycles. The van der Waals surface area contributed by atoms with Crippen LogP contribution in [0.1, 0.15) is 73.0 Å². The summed E-state index contributed by atoms with van der Waals surface area (Å²) in [5.74, 6) is 1.60. The van der Waals surface area contributed by atoms with Crippen LogP contribution in [0.4, 0.5) is 5.69 Å². The molecule has 0 radical (unpaired) electrons. The molecular formula is C30H37N3O3. The van der Waals surface area contributed by atoms with Gasteiger partial charge < -0.3 is 4.90 Å². The third kappa shape index (κ3) is 5.24. The first-order valence-electron chi connectivity index (χ1n) is 13.6. The topological polar surface area (TPSA) is 68.4 Å². The molecule has 1 saturated heterocycles. The molecule has 6 nitrogen and oxygen atoms in total. The zero-order valence-corrected chi connectivity index (χ0v) is 21.3. The van der Waals surface area contributed by atoms with Gasteiger partial charge in [-0.2, -0.15) is 0 Å². The number of benzene rings is 2. The Morgan fingerprint density at radius 3 is 2.50 bits per heavy atom. The quantitative estimate of drug-likeness (QED) is 0.272. The van der Waals surface area contributed by atoms with Crippen molar-refractivity contribution in [1.29, 1.82) is 0 Å². The predicted octanol–water partition coefficient (Wildman–Crippen LogP) is 6.77. The number of nitro benzene ring substituents is 1. The van der Waals surface area contributed by atoms with Crippen LogP contribution in [-0.2, 0) is 6.42 Å². The molecule has 6 heteroatoms. The zero-order chi connectivity index (χ0) is 25.1. The van der Waals surface area contributed by atoms with Crippen molar-refractivity contribution >= 4 is 22.5 Å². The molecule has 2 aliphatic rings. The van der Waals surface area contributed by atoms with E-state index in [1.807, 2.05) is 37.3 Å².